The van der Waals surface area contributed by atoms with Gasteiger partial charge in [0.1, 0.15) is 5.75 Å². The quantitative estimate of drug-likeness (QED) is 0.714. The van der Waals surface area contributed by atoms with Crippen LogP contribution in [0.2, 0.25) is 0 Å². The predicted molar refractivity (Wildman–Crippen MR) is 94.2 cm³/mol. The van der Waals surface area contributed by atoms with Crippen molar-refractivity contribution in [3.8, 4) is 5.75 Å². The first kappa shape index (κ1) is 16.6. The Bertz CT molecular complexity index is 693. The van der Waals surface area contributed by atoms with Crippen LogP contribution in [0.25, 0.3) is 0 Å². The summed E-state index contributed by atoms with van der Waals surface area (Å²) < 4.78 is 18.3. The van der Waals surface area contributed by atoms with Crippen molar-refractivity contribution in [2.24, 2.45) is 0 Å². The van der Waals surface area contributed by atoms with Crippen LogP contribution in [-0.2, 0) is 4.57 Å². The first-order valence-electron chi connectivity index (χ1n) is 7.49. The molecule has 0 fully saturated rings. The topological polar surface area (TPSA) is 38.3 Å². The molecule has 2 aromatic rings. The number of hydrogen-bond donors (Lipinski definition) is 1. The molecule has 0 saturated carbocycles. The van der Waals surface area contributed by atoms with Gasteiger partial charge in [0.15, 0.2) is 0 Å². The number of hydrogen-bond acceptors (Lipinski definition) is 2. The summed E-state index contributed by atoms with van der Waals surface area (Å²) in [5.74, 6) is 1.09. The van der Waals surface area contributed by atoms with Crippen molar-refractivity contribution in [2.45, 2.75) is 33.6 Å². The monoisotopic (exact) mass is 317 g/mol. The van der Waals surface area contributed by atoms with Crippen LogP contribution in [0.3, 0.4) is 0 Å². The molecule has 4 heteroatoms. The van der Waals surface area contributed by atoms with Gasteiger partial charge in [-0.15, -0.1) is 0 Å². The molecule has 118 valence electrons. The molecule has 22 heavy (non-hydrogen) atoms. The highest BCUT2D eigenvalue weighted by atomic mass is 31.2. The summed E-state index contributed by atoms with van der Waals surface area (Å²) in [5.41, 5.74) is 4.42. The molecule has 0 saturated heterocycles. The molecule has 0 unspecified atom stereocenters. The van der Waals surface area contributed by atoms with Gasteiger partial charge in [-0.05, 0) is 60.7 Å². The van der Waals surface area contributed by atoms with Gasteiger partial charge in [0.05, 0.1) is 0 Å². The number of anilines is 1. The van der Waals surface area contributed by atoms with E-state index >= 15 is 0 Å². The van der Waals surface area contributed by atoms with E-state index in [1.807, 2.05) is 49.4 Å². The molecule has 0 aliphatic carbocycles. The van der Waals surface area contributed by atoms with E-state index in [1.54, 1.807) is 6.66 Å². The second kappa shape index (κ2) is 6.58. The lowest BCUT2D eigenvalue weighted by molar-refractivity contribution is 0.493. The molecule has 0 bridgehead atoms. The Balaban J connectivity index is 2.09. The van der Waals surface area contributed by atoms with E-state index in [-0.39, 0.29) is 0 Å². The summed E-state index contributed by atoms with van der Waals surface area (Å²) >= 11 is 0. The lowest BCUT2D eigenvalue weighted by atomic mass is 10.0. The number of aryl methyl sites for hydroxylation is 2. The van der Waals surface area contributed by atoms with Crippen LogP contribution in [0.1, 0.15) is 36.5 Å². The van der Waals surface area contributed by atoms with E-state index < -0.39 is 7.52 Å². The third-order valence-corrected chi connectivity index (χ3v) is 4.89. The third-order valence-electron chi connectivity index (χ3n) is 3.67. The van der Waals surface area contributed by atoms with Gasteiger partial charge in [-0.3, -0.25) is 4.57 Å². The number of rotatable bonds is 5. The minimum absolute atomic E-state index is 0.469. The second-order valence-electron chi connectivity index (χ2n) is 6.07. The van der Waals surface area contributed by atoms with E-state index in [0.717, 1.165) is 11.3 Å². The lowest BCUT2D eigenvalue weighted by Gasteiger charge is -2.18. The van der Waals surface area contributed by atoms with Crippen molar-refractivity contribution in [1.29, 1.82) is 0 Å². The van der Waals surface area contributed by atoms with Crippen molar-refractivity contribution in [3.05, 3.63) is 59.2 Å². The third kappa shape index (κ3) is 4.38. The molecule has 0 aromatic heterocycles. The highest BCUT2D eigenvalue weighted by Crippen LogP contribution is 2.43. The van der Waals surface area contributed by atoms with Gasteiger partial charge in [-0.1, -0.05) is 32.0 Å². The molecule has 0 radical (unpaired) electrons. The fourth-order valence-electron chi connectivity index (χ4n) is 2.18. The highest BCUT2D eigenvalue weighted by molar-refractivity contribution is 7.60. The summed E-state index contributed by atoms with van der Waals surface area (Å²) in [5, 5.41) is 3.01. The maximum atomic E-state index is 12.6. The second-order valence-corrected chi connectivity index (χ2v) is 8.17. The fourth-order valence-corrected chi connectivity index (χ4v) is 3.36. The minimum Gasteiger partial charge on any atom is -0.429 e. The Kier molecular flexibility index (Phi) is 4.97. The zero-order valence-electron chi connectivity index (χ0n) is 13.9. The Hall–Kier alpha value is -1.73. The Morgan fingerprint density at radius 1 is 1.00 bits per heavy atom. The molecule has 2 rings (SSSR count). The van der Waals surface area contributed by atoms with Gasteiger partial charge in [0, 0.05) is 12.4 Å². The molecule has 0 spiro atoms. The van der Waals surface area contributed by atoms with E-state index in [4.69, 9.17) is 4.52 Å². The van der Waals surface area contributed by atoms with Crippen molar-refractivity contribution < 1.29 is 9.09 Å². The minimum atomic E-state index is -2.96. The molecule has 3 nitrogen and oxygen atoms in total. The summed E-state index contributed by atoms with van der Waals surface area (Å²) in [6.45, 7) is 9.96. The largest absolute Gasteiger partial charge is 0.429 e. The van der Waals surface area contributed by atoms with Crippen LogP contribution < -0.4 is 9.61 Å². The lowest BCUT2D eigenvalue weighted by Crippen LogP contribution is -2.02. The van der Waals surface area contributed by atoms with Gasteiger partial charge < -0.3 is 9.61 Å². The van der Waals surface area contributed by atoms with Gasteiger partial charge >= 0.3 is 7.52 Å². The van der Waals surface area contributed by atoms with Crippen molar-refractivity contribution in [1.82, 2.24) is 0 Å². The van der Waals surface area contributed by atoms with Crippen LogP contribution in [0.4, 0.5) is 5.69 Å². The molecule has 1 atom stereocenters. The molecule has 0 aliphatic rings. The van der Waals surface area contributed by atoms with Gasteiger partial charge in [0.25, 0.3) is 0 Å². The van der Waals surface area contributed by atoms with Crippen LogP contribution >= 0.6 is 7.52 Å². The van der Waals surface area contributed by atoms with Crippen molar-refractivity contribution in [2.75, 3.05) is 11.8 Å². The Labute approximate surface area is 133 Å². The molecule has 2 aromatic carbocycles. The van der Waals surface area contributed by atoms with Crippen LogP contribution in [0.5, 0.6) is 5.75 Å². The Morgan fingerprint density at radius 3 is 2.18 bits per heavy atom. The van der Waals surface area contributed by atoms with E-state index in [9.17, 15) is 4.57 Å². The van der Waals surface area contributed by atoms with Gasteiger partial charge in [-0.2, -0.15) is 0 Å². The predicted octanol–water partition coefficient (Wildman–Crippen LogP) is 5.74. The molecule has 0 aliphatic heterocycles. The highest BCUT2D eigenvalue weighted by Gasteiger charge is 2.17. The molecular weight excluding hydrogens is 293 g/mol. The number of benzene rings is 2. The maximum absolute atomic E-state index is 12.6. The molecular formula is C18H24NO2P. The summed E-state index contributed by atoms with van der Waals surface area (Å²) in [6.07, 6.45) is 0. The van der Waals surface area contributed by atoms with Gasteiger partial charge in [0.2, 0.25) is 0 Å². The Morgan fingerprint density at radius 2 is 1.64 bits per heavy atom. The number of nitrogens with one attached hydrogen (secondary N) is 1. The van der Waals surface area contributed by atoms with Crippen LogP contribution in [-0.4, -0.2) is 6.66 Å². The van der Waals surface area contributed by atoms with Crippen molar-refractivity contribution >= 4 is 13.2 Å². The SMILES string of the molecule is Cc1ccc(N[P@@](C)(=O)Oc2ccc(C(C)C)cc2)cc1C. The van der Waals surface area contributed by atoms with Crippen molar-refractivity contribution in [3.63, 3.8) is 0 Å². The molecule has 1 N–H and O–H groups in total. The average molecular weight is 317 g/mol. The molecule has 0 heterocycles. The average Bonchev–Trinajstić information content (AvgIpc) is 2.42. The van der Waals surface area contributed by atoms with Crippen LogP contribution in [0, 0.1) is 13.8 Å². The summed E-state index contributed by atoms with van der Waals surface area (Å²) in [6, 6.07) is 13.7. The summed E-state index contributed by atoms with van der Waals surface area (Å²) in [7, 11) is -2.96. The standard InChI is InChI=1S/C18H24NO2P/c1-13(2)16-7-10-18(11-8-16)21-22(5,20)19-17-9-6-14(3)15(4)12-17/h6-13H,1-5H3,(H,19,20)/t22-/m0/s1. The van der Waals surface area contributed by atoms with E-state index in [1.165, 1.54) is 11.1 Å². The summed E-state index contributed by atoms with van der Waals surface area (Å²) in [4.78, 5) is 0. The maximum Gasteiger partial charge on any atom is 0.338 e. The fraction of sp³-hybridized carbons (Fsp3) is 0.333. The first-order chi connectivity index (χ1) is 10.3. The normalized spacial score (nSPS) is 13.7. The van der Waals surface area contributed by atoms with E-state index in [2.05, 4.69) is 25.9 Å². The molecule has 0 amide bonds. The van der Waals surface area contributed by atoms with E-state index in [0.29, 0.717) is 11.7 Å². The van der Waals surface area contributed by atoms with Gasteiger partial charge in [-0.25, -0.2) is 0 Å². The zero-order valence-corrected chi connectivity index (χ0v) is 14.8. The zero-order chi connectivity index (χ0) is 16.3. The first-order valence-corrected chi connectivity index (χ1v) is 9.56. The van der Waals surface area contributed by atoms with Crippen LogP contribution in [0.15, 0.2) is 42.5 Å². The smallest absolute Gasteiger partial charge is 0.338 e.